The molecule has 1 atom stereocenters. The third-order valence-electron chi connectivity index (χ3n) is 4.28. The van der Waals surface area contributed by atoms with E-state index in [1.54, 1.807) is 12.4 Å². The fourth-order valence-corrected chi connectivity index (χ4v) is 3.27. The minimum Gasteiger partial charge on any atom is -0.355 e. The molecule has 5 heteroatoms. The lowest BCUT2D eigenvalue weighted by Gasteiger charge is -2.31. The number of piperidine rings is 1. The summed E-state index contributed by atoms with van der Waals surface area (Å²) in [6.07, 6.45) is 4.03. The summed E-state index contributed by atoms with van der Waals surface area (Å²) in [5.41, 5.74) is 2.61. The summed E-state index contributed by atoms with van der Waals surface area (Å²) >= 11 is 0. The second-order valence-corrected chi connectivity index (χ2v) is 5.93. The Hall–Kier alpha value is -2.17. The van der Waals surface area contributed by atoms with E-state index in [-0.39, 0.29) is 5.82 Å². The Balaban J connectivity index is 1.91. The van der Waals surface area contributed by atoms with Gasteiger partial charge in [0.1, 0.15) is 23.2 Å². The van der Waals surface area contributed by atoms with E-state index in [0.29, 0.717) is 5.92 Å². The molecule has 4 nitrogen and oxygen atoms in total. The standard InChI is InChI=1S/C16H17FN4/c1-10-3-2-6-21(8-10)16-15-14(18-9-19-16)12-7-11(17)4-5-13(12)20-15/h4-5,7,9-10,20H,2-3,6,8H2,1H3. The van der Waals surface area contributed by atoms with Gasteiger partial charge in [-0.15, -0.1) is 0 Å². The van der Waals surface area contributed by atoms with E-state index in [9.17, 15) is 4.39 Å². The molecule has 1 unspecified atom stereocenters. The van der Waals surface area contributed by atoms with Gasteiger partial charge in [-0.1, -0.05) is 6.92 Å². The predicted octanol–water partition coefficient (Wildman–Crippen LogP) is 3.49. The Morgan fingerprint density at radius 2 is 2.24 bits per heavy atom. The van der Waals surface area contributed by atoms with Crippen LogP contribution in [-0.2, 0) is 0 Å². The lowest BCUT2D eigenvalue weighted by atomic mass is 10.0. The van der Waals surface area contributed by atoms with Gasteiger partial charge >= 0.3 is 0 Å². The molecule has 3 aromatic rings. The largest absolute Gasteiger partial charge is 0.355 e. The number of hydrogen-bond acceptors (Lipinski definition) is 3. The highest BCUT2D eigenvalue weighted by atomic mass is 19.1. The highest BCUT2D eigenvalue weighted by Crippen LogP contribution is 2.31. The Labute approximate surface area is 122 Å². The molecule has 0 bridgehead atoms. The van der Waals surface area contributed by atoms with Crippen LogP contribution >= 0.6 is 0 Å². The summed E-state index contributed by atoms with van der Waals surface area (Å²) in [6, 6.07) is 4.76. The Morgan fingerprint density at radius 3 is 3.10 bits per heavy atom. The van der Waals surface area contributed by atoms with Crippen molar-refractivity contribution in [3.8, 4) is 0 Å². The van der Waals surface area contributed by atoms with Gasteiger partial charge in [0.15, 0.2) is 5.82 Å². The van der Waals surface area contributed by atoms with Crippen LogP contribution in [0.5, 0.6) is 0 Å². The molecule has 108 valence electrons. The first-order valence-corrected chi connectivity index (χ1v) is 7.39. The number of nitrogens with zero attached hydrogens (tertiary/aromatic N) is 3. The van der Waals surface area contributed by atoms with Gasteiger partial charge in [-0.25, -0.2) is 14.4 Å². The third kappa shape index (κ3) is 2.04. The number of hydrogen-bond donors (Lipinski definition) is 1. The number of H-pyrrole nitrogens is 1. The molecular formula is C16H17FN4. The van der Waals surface area contributed by atoms with E-state index in [2.05, 4.69) is 26.8 Å². The van der Waals surface area contributed by atoms with Crippen molar-refractivity contribution in [2.75, 3.05) is 18.0 Å². The number of anilines is 1. The monoisotopic (exact) mass is 284 g/mol. The number of halogens is 1. The van der Waals surface area contributed by atoms with E-state index in [4.69, 9.17) is 0 Å². The molecule has 1 fully saturated rings. The van der Waals surface area contributed by atoms with Gasteiger partial charge in [0.25, 0.3) is 0 Å². The first kappa shape index (κ1) is 12.6. The number of benzene rings is 1. The average Bonchev–Trinajstić information content (AvgIpc) is 2.85. The zero-order chi connectivity index (χ0) is 14.4. The van der Waals surface area contributed by atoms with Gasteiger partial charge in [0, 0.05) is 24.0 Å². The maximum Gasteiger partial charge on any atom is 0.156 e. The number of aromatic nitrogens is 3. The maximum atomic E-state index is 13.5. The normalized spacial score (nSPS) is 19.5. The number of aromatic amines is 1. The van der Waals surface area contributed by atoms with Crippen molar-refractivity contribution in [2.24, 2.45) is 5.92 Å². The molecule has 21 heavy (non-hydrogen) atoms. The SMILES string of the molecule is CC1CCCN(c2ncnc3c2[nH]c2ccc(F)cc23)C1. The number of rotatable bonds is 1. The molecular weight excluding hydrogens is 267 g/mol. The van der Waals surface area contributed by atoms with E-state index in [1.807, 2.05) is 0 Å². The van der Waals surface area contributed by atoms with Crippen LogP contribution in [0.2, 0.25) is 0 Å². The molecule has 1 aromatic carbocycles. The van der Waals surface area contributed by atoms with Crippen LogP contribution in [0.15, 0.2) is 24.5 Å². The molecule has 0 saturated carbocycles. The van der Waals surface area contributed by atoms with Crippen molar-refractivity contribution in [1.82, 2.24) is 15.0 Å². The molecule has 1 N–H and O–H groups in total. The van der Waals surface area contributed by atoms with E-state index < -0.39 is 0 Å². The molecule has 2 aromatic heterocycles. The predicted molar refractivity (Wildman–Crippen MR) is 82.0 cm³/mol. The highest BCUT2D eigenvalue weighted by molar-refractivity contribution is 6.08. The van der Waals surface area contributed by atoms with Crippen LogP contribution < -0.4 is 4.90 Å². The molecule has 0 amide bonds. The topological polar surface area (TPSA) is 44.8 Å². The van der Waals surface area contributed by atoms with Crippen molar-refractivity contribution >= 4 is 27.8 Å². The minimum atomic E-state index is -0.241. The molecule has 0 radical (unpaired) electrons. The van der Waals surface area contributed by atoms with Gasteiger partial charge in [-0.3, -0.25) is 0 Å². The zero-order valence-corrected chi connectivity index (χ0v) is 11.9. The van der Waals surface area contributed by atoms with Crippen molar-refractivity contribution < 1.29 is 4.39 Å². The second-order valence-electron chi connectivity index (χ2n) is 5.93. The van der Waals surface area contributed by atoms with Gasteiger partial charge in [-0.2, -0.15) is 0 Å². The first-order chi connectivity index (χ1) is 10.2. The van der Waals surface area contributed by atoms with Crippen molar-refractivity contribution in [2.45, 2.75) is 19.8 Å². The average molecular weight is 284 g/mol. The van der Waals surface area contributed by atoms with Crippen molar-refractivity contribution in [1.29, 1.82) is 0 Å². The van der Waals surface area contributed by atoms with Gasteiger partial charge in [-0.05, 0) is 37.0 Å². The summed E-state index contributed by atoms with van der Waals surface area (Å²) in [7, 11) is 0. The molecule has 1 aliphatic rings. The van der Waals surface area contributed by atoms with Gasteiger partial charge in [0.2, 0.25) is 0 Å². The Kier molecular flexibility index (Phi) is 2.80. The Morgan fingerprint density at radius 1 is 1.33 bits per heavy atom. The van der Waals surface area contributed by atoms with E-state index in [1.165, 1.54) is 25.0 Å². The van der Waals surface area contributed by atoms with Crippen LogP contribution in [0.4, 0.5) is 10.2 Å². The quantitative estimate of drug-likeness (QED) is 0.744. The fourth-order valence-electron chi connectivity index (χ4n) is 3.27. The van der Waals surface area contributed by atoms with E-state index in [0.717, 1.165) is 40.8 Å². The summed E-state index contributed by atoms with van der Waals surface area (Å²) < 4.78 is 13.5. The lowest BCUT2D eigenvalue weighted by Crippen LogP contribution is -2.35. The molecule has 0 aliphatic carbocycles. The first-order valence-electron chi connectivity index (χ1n) is 7.39. The molecule has 4 rings (SSSR count). The van der Waals surface area contributed by atoms with Crippen LogP contribution in [0.3, 0.4) is 0 Å². The number of fused-ring (bicyclic) bond motifs is 3. The fraction of sp³-hybridized carbons (Fsp3) is 0.375. The van der Waals surface area contributed by atoms with Crippen LogP contribution in [0.1, 0.15) is 19.8 Å². The second kappa shape index (κ2) is 4.69. The van der Waals surface area contributed by atoms with E-state index >= 15 is 0 Å². The minimum absolute atomic E-state index is 0.241. The van der Waals surface area contributed by atoms with Crippen LogP contribution in [0.25, 0.3) is 21.9 Å². The van der Waals surface area contributed by atoms with Gasteiger partial charge < -0.3 is 9.88 Å². The summed E-state index contributed by atoms with van der Waals surface area (Å²) in [5.74, 6) is 1.36. The molecule has 0 spiro atoms. The molecule has 3 heterocycles. The highest BCUT2D eigenvalue weighted by Gasteiger charge is 2.21. The molecule has 1 saturated heterocycles. The van der Waals surface area contributed by atoms with Crippen molar-refractivity contribution in [3.05, 3.63) is 30.3 Å². The van der Waals surface area contributed by atoms with Crippen LogP contribution in [0, 0.1) is 11.7 Å². The number of nitrogens with one attached hydrogen (secondary N) is 1. The Bertz CT molecular complexity index is 810. The zero-order valence-electron chi connectivity index (χ0n) is 11.9. The third-order valence-corrected chi connectivity index (χ3v) is 4.28. The molecule has 1 aliphatic heterocycles. The maximum absolute atomic E-state index is 13.5. The van der Waals surface area contributed by atoms with Gasteiger partial charge in [0.05, 0.1) is 0 Å². The summed E-state index contributed by atoms with van der Waals surface area (Å²) in [4.78, 5) is 14.5. The van der Waals surface area contributed by atoms with Crippen molar-refractivity contribution in [3.63, 3.8) is 0 Å². The summed E-state index contributed by atoms with van der Waals surface area (Å²) in [6.45, 7) is 4.29. The smallest absolute Gasteiger partial charge is 0.156 e. The van der Waals surface area contributed by atoms with Crippen LogP contribution in [-0.4, -0.2) is 28.0 Å². The lowest BCUT2D eigenvalue weighted by molar-refractivity contribution is 0.445. The summed E-state index contributed by atoms with van der Waals surface area (Å²) in [5, 5.41) is 0.818.